The second-order valence-corrected chi connectivity index (χ2v) is 3.61. The summed E-state index contributed by atoms with van der Waals surface area (Å²) in [6.07, 6.45) is 3.66. The quantitative estimate of drug-likeness (QED) is 0.585. The van der Waals surface area contributed by atoms with Gasteiger partial charge in [0.1, 0.15) is 0 Å². The van der Waals surface area contributed by atoms with Crippen LogP contribution in [0.1, 0.15) is 32.6 Å². The van der Waals surface area contributed by atoms with Gasteiger partial charge in [-0.2, -0.15) is 0 Å². The van der Waals surface area contributed by atoms with Gasteiger partial charge < -0.3 is 15.4 Å². The molecule has 4 nitrogen and oxygen atoms in total. The number of nitrogens with two attached hydrogens (primary N) is 1. The Balaban J connectivity index is 3.42. The maximum Gasteiger partial charge on any atom is 0.224 e. The number of rotatable bonds is 9. The van der Waals surface area contributed by atoms with Crippen LogP contribution >= 0.6 is 0 Å². The number of unbranched alkanes of at least 4 members (excludes halogenated alkanes) is 2. The third-order valence-electron chi connectivity index (χ3n) is 2.29. The van der Waals surface area contributed by atoms with Gasteiger partial charge >= 0.3 is 0 Å². The Morgan fingerprint density at radius 1 is 1.33 bits per heavy atom. The van der Waals surface area contributed by atoms with Crippen LogP contribution in [0.15, 0.2) is 0 Å². The van der Waals surface area contributed by atoms with Crippen molar-refractivity contribution < 1.29 is 9.53 Å². The lowest BCUT2D eigenvalue weighted by Crippen LogP contribution is -2.28. The Morgan fingerprint density at radius 3 is 2.67 bits per heavy atom. The predicted octanol–water partition coefficient (Wildman–Crippen LogP) is 1.00. The van der Waals surface area contributed by atoms with Gasteiger partial charge in [0.15, 0.2) is 0 Å². The van der Waals surface area contributed by atoms with E-state index in [0.29, 0.717) is 19.6 Å². The molecule has 0 saturated carbocycles. The average molecular weight is 216 g/mol. The Bertz CT molecular complexity index is 163. The van der Waals surface area contributed by atoms with Gasteiger partial charge in [-0.3, -0.25) is 4.79 Å². The van der Waals surface area contributed by atoms with Crippen molar-refractivity contribution in [1.29, 1.82) is 0 Å². The first-order valence-corrected chi connectivity index (χ1v) is 5.74. The smallest absolute Gasteiger partial charge is 0.224 e. The van der Waals surface area contributed by atoms with Gasteiger partial charge in [0, 0.05) is 20.2 Å². The molecule has 0 rings (SSSR count). The van der Waals surface area contributed by atoms with Gasteiger partial charge in [0.25, 0.3) is 0 Å². The number of carbonyl (C=O) groups excluding carboxylic acids is 1. The molecule has 4 heteroatoms. The van der Waals surface area contributed by atoms with Crippen LogP contribution in [0, 0.1) is 0 Å². The summed E-state index contributed by atoms with van der Waals surface area (Å²) in [7, 11) is 1.84. The average Bonchev–Trinajstić information content (AvgIpc) is 2.24. The molecule has 0 unspecified atom stereocenters. The van der Waals surface area contributed by atoms with Crippen molar-refractivity contribution in [2.45, 2.75) is 32.6 Å². The molecule has 0 fully saturated rings. The lowest BCUT2D eigenvalue weighted by Gasteiger charge is -2.16. The normalized spacial score (nSPS) is 10.3. The lowest BCUT2D eigenvalue weighted by atomic mass is 10.2. The minimum atomic E-state index is 0.163. The molecule has 0 bridgehead atoms. The van der Waals surface area contributed by atoms with Crippen molar-refractivity contribution in [2.75, 3.05) is 33.4 Å². The standard InChI is InChI=1S/C11H24N2O2/c1-3-15-10-7-11(14)13(2)9-6-4-5-8-12/h3-10,12H2,1-2H3. The molecular formula is C11H24N2O2. The predicted molar refractivity (Wildman–Crippen MR) is 61.7 cm³/mol. The minimum absolute atomic E-state index is 0.163. The fourth-order valence-corrected chi connectivity index (χ4v) is 1.29. The summed E-state index contributed by atoms with van der Waals surface area (Å²) in [5.41, 5.74) is 5.39. The highest BCUT2D eigenvalue weighted by Gasteiger charge is 2.07. The summed E-state index contributed by atoms with van der Waals surface area (Å²) in [4.78, 5) is 13.3. The molecule has 0 aromatic carbocycles. The zero-order valence-electron chi connectivity index (χ0n) is 10.00. The number of ether oxygens (including phenoxy) is 1. The highest BCUT2D eigenvalue weighted by molar-refractivity contribution is 5.75. The number of hydrogen-bond acceptors (Lipinski definition) is 3. The maximum absolute atomic E-state index is 11.5. The molecule has 1 amide bonds. The first-order chi connectivity index (χ1) is 7.22. The molecule has 0 aliphatic rings. The molecule has 0 heterocycles. The summed E-state index contributed by atoms with van der Waals surface area (Å²) in [6, 6.07) is 0. The molecule has 0 aliphatic carbocycles. The maximum atomic E-state index is 11.5. The van der Waals surface area contributed by atoms with Gasteiger partial charge in [0.2, 0.25) is 5.91 Å². The third-order valence-corrected chi connectivity index (χ3v) is 2.29. The van der Waals surface area contributed by atoms with Crippen LogP contribution < -0.4 is 5.73 Å². The molecule has 0 saturated heterocycles. The first kappa shape index (κ1) is 14.4. The van der Waals surface area contributed by atoms with E-state index >= 15 is 0 Å². The van der Waals surface area contributed by atoms with Crippen molar-refractivity contribution in [3.8, 4) is 0 Å². The van der Waals surface area contributed by atoms with Crippen LogP contribution in [-0.4, -0.2) is 44.2 Å². The molecule has 0 aromatic rings. The van der Waals surface area contributed by atoms with E-state index in [1.165, 1.54) is 0 Å². The Hall–Kier alpha value is -0.610. The first-order valence-electron chi connectivity index (χ1n) is 5.74. The van der Waals surface area contributed by atoms with Gasteiger partial charge in [-0.1, -0.05) is 6.42 Å². The second-order valence-electron chi connectivity index (χ2n) is 3.61. The lowest BCUT2D eigenvalue weighted by molar-refractivity contribution is -0.131. The van der Waals surface area contributed by atoms with Crippen molar-refractivity contribution in [3.63, 3.8) is 0 Å². The molecule has 0 aromatic heterocycles. The zero-order valence-corrected chi connectivity index (χ0v) is 10.00. The molecule has 0 radical (unpaired) electrons. The fraction of sp³-hybridized carbons (Fsp3) is 0.909. The van der Waals surface area contributed by atoms with Crippen LogP contribution in [0.25, 0.3) is 0 Å². The van der Waals surface area contributed by atoms with Crippen molar-refractivity contribution >= 4 is 5.91 Å². The van der Waals surface area contributed by atoms with E-state index in [-0.39, 0.29) is 5.91 Å². The van der Waals surface area contributed by atoms with Gasteiger partial charge in [-0.15, -0.1) is 0 Å². The Labute approximate surface area is 92.8 Å². The highest BCUT2D eigenvalue weighted by Crippen LogP contribution is 1.98. The molecule has 90 valence electrons. The molecule has 0 atom stereocenters. The van der Waals surface area contributed by atoms with E-state index < -0.39 is 0 Å². The van der Waals surface area contributed by atoms with E-state index in [1.54, 1.807) is 4.90 Å². The van der Waals surface area contributed by atoms with Crippen LogP contribution in [0.4, 0.5) is 0 Å². The third kappa shape index (κ3) is 8.39. The summed E-state index contributed by atoms with van der Waals surface area (Å²) in [5, 5.41) is 0. The van der Waals surface area contributed by atoms with Gasteiger partial charge in [-0.25, -0.2) is 0 Å². The van der Waals surface area contributed by atoms with E-state index in [2.05, 4.69) is 0 Å². The zero-order chi connectivity index (χ0) is 11.5. The highest BCUT2D eigenvalue weighted by atomic mass is 16.5. The van der Waals surface area contributed by atoms with Crippen LogP contribution in [0.3, 0.4) is 0 Å². The number of amides is 1. The SMILES string of the molecule is CCOCCC(=O)N(C)CCCCCN. The summed E-state index contributed by atoms with van der Waals surface area (Å²) in [5.74, 6) is 0.163. The van der Waals surface area contributed by atoms with E-state index in [9.17, 15) is 4.79 Å². The molecular weight excluding hydrogens is 192 g/mol. The number of carbonyl (C=O) groups is 1. The van der Waals surface area contributed by atoms with E-state index in [1.807, 2.05) is 14.0 Å². The Morgan fingerprint density at radius 2 is 2.07 bits per heavy atom. The van der Waals surface area contributed by atoms with Gasteiger partial charge in [-0.05, 0) is 26.3 Å². The molecule has 0 aliphatic heterocycles. The fourth-order valence-electron chi connectivity index (χ4n) is 1.29. The van der Waals surface area contributed by atoms with E-state index in [4.69, 9.17) is 10.5 Å². The van der Waals surface area contributed by atoms with Crippen LogP contribution in [-0.2, 0) is 9.53 Å². The monoisotopic (exact) mass is 216 g/mol. The molecule has 2 N–H and O–H groups in total. The summed E-state index contributed by atoms with van der Waals surface area (Å²) < 4.78 is 5.13. The topological polar surface area (TPSA) is 55.6 Å². The van der Waals surface area contributed by atoms with Gasteiger partial charge in [0.05, 0.1) is 13.0 Å². The largest absolute Gasteiger partial charge is 0.381 e. The molecule has 0 spiro atoms. The van der Waals surface area contributed by atoms with E-state index in [0.717, 1.165) is 32.4 Å². The van der Waals surface area contributed by atoms with Crippen LogP contribution in [0.2, 0.25) is 0 Å². The van der Waals surface area contributed by atoms with Crippen molar-refractivity contribution in [2.24, 2.45) is 5.73 Å². The number of nitrogens with zero attached hydrogens (tertiary/aromatic N) is 1. The van der Waals surface area contributed by atoms with Crippen molar-refractivity contribution in [3.05, 3.63) is 0 Å². The van der Waals surface area contributed by atoms with Crippen LogP contribution in [0.5, 0.6) is 0 Å². The summed E-state index contributed by atoms with van der Waals surface area (Å²) in [6.45, 7) is 4.70. The van der Waals surface area contributed by atoms with Crippen molar-refractivity contribution in [1.82, 2.24) is 4.90 Å². The minimum Gasteiger partial charge on any atom is -0.381 e. The Kier molecular flexibility index (Phi) is 9.52. The second kappa shape index (κ2) is 9.93. The molecule has 15 heavy (non-hydrogen) atoms. The number of hydrogen-bond donors (Lipinski definition) is 1. The summed E-state index contributed by atoms with van der Waals surface area (Å²) >= 11 is 0.